The largest absolute Gasteiger partial charge is 0.465 e. The molecule has 106 valence electrons. The van der Waals surface area contributed by atoms with E-state index in [0.717, 1.165) is 36.8 Å². The number of fused-ring (bicyclic) bond motifs is 1. The summed E-state index contributed by atoms with van der Waals surface area (Å²) in [6.07, 6.45) is 5.40. The number of H-pyrrole nitrogens is 1. The van der Waals surface area contributed by atoms with E-state index >= 15 is 0 Å². The maximum absolute atomic E-state index is 12.4. The van der Waals surface area contributed by atoms with Gasteiger partial charge < -0.3 is 9.72 Å². The second-order valence-electron chi connectivity index (χ2n) is 5.42. The minimum absolute atomic E-state index is 0.158. The summed E-state index contributed by atoms with van der Waals surface area (Å²) in [5.41, 5.74) is 2.07. The Hall–Kier alpha value is -1.91. The molecule has 0 aromatic carbocycles. The molecule has 1 aliphatic carbocycles. The van der Waals surface area contributed by atoms with E-state index in [0.29, 0.717) is 18.1 Å². The number of pyridine rings is 1. The van der Waals surface area contributed by atoms with Crippen LogP contribution < -0.4 is 0 Å². The summed E-state index contributed by atoms with van der Waals surface area (Å²) < 4.78 is 5.29. The van der Waals surface area contributed by atoms with Crippen LogP contribution in [0.25, 0.3) is 11.2 Å². The lowest BCUT2D eigenvalue weighted by molar-refractivity contribution is -0.150. The molecule has 3 rings (SSSR count). The van der Waals surface area contributed by atoms with Crippen LogP contribution in [0.3, 0.4) is 0 Å². The van der Waals surface area contributed by atoms with E-state index in [1.165, 1.54) is 0 Å². The van der Waals surface area contributed by atoms with Crippen LogP contribution in [0, 0.1) is 6.92 Å². The van der Waals surface area contributed by atoms with Crippen LogP contribution in [0.1, 0.15) is 44.0 Å². The lowest BCUT2D eigenvalue weighted by Gasteiger charge is -2.23. The molecule has 1 N–H and O–H groups in total. The lowest BCUT2D eigenvalue weighted by Crippen LogP contribution is -2.35. The smallest absolute Gasteiger partial charge is 0.319 e. The number of imidazole rings is 1. The van der Waals surface area contributed by atoms with Crippen LogP contribution in [0.2, 0.25) is 0 Å². The normalized spacial score (nSPS) is 17.5. The molecule has 20 heavy (non-hydrogen) atoms. The van der Waals surface area contributed by atoms with Crippen molar-refractivity contribution in [1.29, 1.82) is 0 Å². The van der Waals surface area contributed by atoms with Gasteiger partial charge in [0.2, 0.25) is 0 Å². The molecule has 2 aromatic rings. The number of aryl methyl sites for hydroxylation is 1. The van der Waals surface area contributed by atoms with Crippen molar-refractivity contribution in [2.45, 2.75) is 44.9 Å². The fraction of sp³-hybridized carbons (Fsp3) is 0.533. The minimum atomic E-state index is -0.608. The summed E-state index contributed by atoms with van der Waals surface area (Å²) in [5, 5.41) is 0. The molecule has 0 unspecified atom stereocenters. The first-order chi connectivity index (χ1) is 9.67. The standard InChI is InChI=1S/C15H19N3O2/c1-3-20-14(19)15(7-4-5-8-15)13-17-11-10(2)6-9-16-12(11)18-13/h6,9H,3-5,7-8H2,1-2H3,(H,16,17,18). The second-order valence-corrected chi connectivity index (χ2v) is 5.42. The van der Waals surface area contributed by atoms with Gasteiger partial charge in [-0.15, -0.1) is 0 Å². The third-order valence-electron chi connectivity index (χ3n) is 4.18. The molecule has 5 heteroatoms. The lowest BCUT2D eigenvalue weighted by atomic mass is 9.85. The Morgan fingerprint density at radius 3 is 2.85 bits per heavy atom. The molecule has 2 heterocycles. The number of aromatic amines is 1. The SMILES string of the molecule is CCOC(=O)C1(c2nc3nccc(C)c3[nH]2)CCCC1. The number of carbonyl (C=O) groups is 1. The predicted molar refractivity (Wildman–Crippen MR) is 75.4 cm³/mol. The number of ether oxygens (including phenoxy) is 1. The van der Waals surface area contributed by atoms with E-state index in [1.54, 1.807) is 6.20 Å². The molecule has 0 atom stereocenters. The number of hydrogen-bond donors (Lipinski definition) is 1. The van der Waals surface area contributed by atoms with Gasteiger partial charge in [-0.2, -0.15) is 0 Å². The Bertz CT molecular complexity index is 642. The maximum Gasteiger partial charge on any atom is 0.319 e. The Morgan fingerprint density at radius 1 is 1.45 bits per heavy atom. The van der Waals surface area contributed by atoms with Gasteiger partial charge in [0.1, 0.15) is 11.2 Å². The average molecular weight is 273 g/mol. The van der Waals surface area contributed by atoms with Gasteiger partial charge in [-0.1, -0.05) is 12.8 Å². The zero-order valence-electron chi connectivity index (χ0n) is 11.9. The summed E-state index contributed by atoms with van der Waals surface area (Å²) in [4.78, 5) is 24.6. The molecule has 5 nitrogen and oxygen atoms in total. The van der Waals surface area contributed by atoms with E-state index in [2.05, 4.69) is 15.0 Å². The first kappa shape index (κ1) is 13.1. The topological polar surface area (TPSA) is 67.9 Å². The van der Waals surface area contributed by atoms with Crippen LogP contribution in [0.5, 0.6) is 0 Å². The fourth-order valence-electron chi connectivity index (χ4n) is 3.05. The summed E-state index contributed by atoms with van der Waals surface area (Å²) in [5.74, 6) is 0.555. The van der Waals surface area contributed by atoms with E-state index in [9.17, 15) is 4.79 Å². The van der Waals surface area contributed by atoms with E-state index in [-0.39, 0.29) is 5.97 Å². The fourth-order valence-corrected chi connectivity index (χ4v) is 3.05. The molecule has 0 radical (unpaired) electrons. The summed E-state index contributed by atoms with van der Waals surface area (Å²) in [6, 6.07) is 1.94. The first-order valence-electron chi connectivity index (χ1n) is 7.16. The minimum Gasteiger partial charge on any atom is -0.465 e. The zero-order valence-corrected chi connectivity index (χ0v) is 11.9. The Morgan fingerprint density at radius 2 is 2.20 bits per heavy atom. The van der Waals surface area contributed by atoms with Gasteiger partial charge in [0.05, 0.1) is 12.1 Å². The predicted octanol–water partition coefficient (Wildman–Crippen LogP) is 2.64. The number of carbonyl (C=O) groups excluding carboxylic acids is 1. The van der Waals surface area contributed by atoms with Crippen molar-refractivity contribution in [1.82, 2.24) is 15.0 Å². The summed E-state index contributed by atoms with van der Waals surface area (Å²) in [6.45, 7) is 4.25. The number of rotatable bonds is 3. The van der Waals surface area contributed by atoms with Crippen molar-refractivity contribution in [3.8, 4) is 0 Å². The molecule has 1 aliphatic rings. The Labute approximate surface area is 117 Å². The molecule has 0 amide bonds. The van der Waals surface area contributed by atoms with E-state index in [4.69, 9.17) is 4.74 Å². The van der Waals surface area contributed by atoms with Crippen molar-refractivity contribution in [2.24, 2.45) is 0 Å². The van der Waals surface area contributed by atoms with Crippen molar-refractivity contribution < 1.29 is 9.53 Å². The molecule has 1 fully saturated rings. The highest BCUT2D eigenvalue weighted by molar-refractivity contribution is 5.84. The van der Waals surface area contributed by atoms with Gasteiger partial charge in [0.25, 0.3) is 0 Å². The van der Waals surface area contributed by atoms with Gasteiger partial charge in [-0.05, 0) is 38.3 Å². The van der Waals surface area contributed by atoms with Gasteiger partial charge in [-0.3, -0.25) is 4.79 Å². The Balaban J connectivity index is 2.10. The third-order valence-corrected chi connectivity index (χ3v) is 4.18. The third kappa shape index (κ3) is 1.88. The average Bonchev–Trinajstić information content (AvgIpc) is 3.07. The highest BCUT2D eigenvalue weighted by Crippen LogP contribution is 2.41. The van der Waals surface area contributed by atoms with E-state index in [1.807, 2.05) is 19.9 Å². The number of hydrogen-bond acceptors (Lipinski definition) is 4. The first-order valence-corrected chi connectivity index (χ1v) is 7.16. The molecule has 0 saturated heterocycles. The van der Waals surface area contributed by atoms with Gasteiger partial charge in [-0.25, -0.2) is 9.97 Å². The van der Waals surface area contributed by atoms with Crippen LogP contribution in [0.15, 0.2) is 12.3 Å². The number of aromatic nitrogens is 3. The van der Waals surface area contributed by atoms with Crippen molar-refractivity contribution in [3.05, 3.63) is 23.7 Å². The highest BCUT2D eigenvalue weighted by Gasteiger charge is 2.46. The summed E-state index contributed by atoms with van der Waals surface area (Å²) >= 11 is 0. The summed E-state index contributed by atoms with van der Waals surface area (Å²) in [7, 11) is 0. The van der Waals surface area contributed by atoms with Gasteiger partial charge >= 0.3 is 5.97 Å². The van der Waals surface area contributed by atoms with Crippen LogP contribution >= 0.6 is 0 Å². The Kier molecular flexibility index (Phi) is 3.20. The van der Waals surface area contributed by atoms with Crippen molar-refractivity contribution in [2.75, 3.05) is 6.61 Å². The zero-order chi connectivity index (χ0) is 14.2. The molecular formula is C15H19N3O2. The monoisotopic (exact) mass is 273 g/mol. The molecule has 0 bridgehead atoms. The van der Waals surface area contributed by atoms with Gasteiger partial charge in [0.15, 0.2) is 5.65 Å². The van der Waals surface area contributed by atoms with E-state index < -0.39 is 5.41 Å². The van der Waals surface area contributed by atoms with Crippen LogP contribution in [-0.4, -0.2) is 27.5 Å². The van der Waals surface area contributed by atoms with Crippen LogP contribution in [-0.2, 0) is 14.9 Å². The number of nitrogens with zero attached hydrogens (tertiary/aromatic N) is 2. The second kappa shape index (κ2) is 4.89. The number of esters is 1. The number of nitrogens with one attached hydrogen (secondary N) is 1. The quantitative estimate of drug-likeness (QED) is 0.873. The highest BCUT2D eigenvalue weighted by atomic mass is 16.5. The van der Waals surface area contributed by atoms with Crippen LogP contribution in [0.4, 0.5) is 0 Å². The molecule has 0 aliphatic heterocycles. The maximum atomic E-state index is 12.4. The molecule has 0 spiro atoms. The van der Waals surface area contributed by atoms with Gasteiger partial charge in [0, 0.05) is 6.20 Å². The molecule has 2 aromatic heterocycles. The van der Waals surface area contributed by atoms with Crippen molar-refractivity contribution in [3.63, 3.8) is 0 Å². The van der Waals surface area contributed by atoms with Crippen molar-refractivity contribution >= 4 is 17.1 Å². The molecule has 1 saturated carbocycles. The molecular weight excluding hydrogens is 254 g/mol.